The van der Waals surface area contributed by atoms with E-state index in [0.717, 1.165) is 17.9 Å². The van der Waals surface area contributed by atoms with Gasteiger partial charge in [0.05, 0.1) is 13.2 Å². The molecular weight excluding hydrogens is 250 g/mol. The molecule has 0 radical (unpaired) electrons. The molecule has 0 spiro atoms. The molecule has 0 saturated heterocycles. The molecule has 2 aromatic carbocycles. The van der Waals surface area contributed by atoms with Crippen LogP contribution in [-0.4, -0.2) is 13.2 Å². The van der Waals surface area contributed by atoms with Crippen LogP contribution in [0.25, 0.3) is 0 Å². The summed E-state index contributed by atoms with van der Waals surface area (Å²) in [6.45, 7) is 5.41. The van der Waals surface area contributed by atoms with Gasteiger partial charge in [-0.3, -0.25) is 0 Å². The SMILES string of the molecule is Cc1ccc(OCCCOc2cccc(N)c2)c(C)c1. The minimum Gasteiger partial charge on any atom is -0.493 e. The summed E-state index contributed by atoms with van der Waals surface area (Å²) in [7, 11) is 0. The minimum absolute atomic E-state index is 0.619. The Balaban J connectivity index is 1.71. The third kappa shape index (κ3) is 4.19. The quantitative estimate of drug-likeness (QED) is 0.643. The van der Waals surface area contributed by atoms with E-state index in [4.69, 9.17) is 15.2 Å². The molecule has 0 fully saturated rings. The highest BCUT2D eigenvalue weighted by molar-refractivity contribution is 5.43. The van der Waals surface area contributed by atoms with Crippen LogP contribution in [-0.2, 0) is 0 Å². The van der Waals surface area contributed by atoms with E-state index in [0.29, 0.717) is 18.9 Å². The van der Waals surface area contributed by atoms with Gasteiger partial charge in [-0.25, -0.2) is 0 Å². The van der Waals surface area contributed by atoms with Crippen molar-refractivity contribution in [2.75, 3.05) is 18.9 Å². The average molecular weight is 271 g/mol. The highest BCUT2D eigenvalue weighted by atomic mass is 16.5. The van der Waals surface area contributed by atoms with Crippen molar-refractivity contribution in [1.82, 2.24) is 0 Å². The molecule has 0 bridgehead atoms. The van der Waals surface area contributed by atoms with Crippen LogP contribution in [0, 0.1) is 13.8 Å². The van der Waals surface area contributed by atoms with Gasteiger partial charge in [0, 0.05) is 18.2 Å². The van der Waals surface area contributed by atoms with Crippen LogP contribution < -0.4 is 15.2 Å². The molecule has 2 rings (SSSR count). The van der Waals surface area contributed by atoms with Crippen molar-refractivity contribution < 1.29 is 9.47 Å². The second-order valence-electron chi connectivity index (χ2n) is 4.89. The van der Waals surface area contributed by atoms with Crippen molar-refractivity contribution in [2.45, 2.75) is 20.3 Å². The van der Waals surface area contributed by atoms with Crippen molar-refractivity contribution in [3.63, 3.8) is 0 Å². The number of benzene rings is 2. The van der Waals surface area contributed by atoms with Crippen molar-refractivity contribution in [1.29, 1.82) is 0 Å². The van der Waals surface area contributed by atoms with Crippen LogP contribution in [0.15, 0.2) is 42.5 Å². The molecular formula is C17H21NO2. The van der Waals surface area contributed by atoms with Gasteiger partial charge in [0.15, 0.2) is 0 Å². The number of hydrogen-bond donors (Lipinski definition) is 1. The first kappa shape index (κ1) is 14.3. The van der Waals surface area contributed by atoms with Crippen molar-refractivity contribution >= 4 is 5.69 Å². The summed E-state index contributed by atoms with van der Waals surface area (Å²) in [5.74, 6) is 1.75. The summed E-state index contributed by atoms with van der Waals surface area (Å²) in [5.41, 5.74) is 8.82. The molecule has 3 nitrogen and oxygen atoms in total. The number of hydrogen-bond acceptors (Lipinski definition) is 3. The van der Waals surface area contributed by atoms with E-state index in [1.807, 2.05) is 30.3 Å². The summed E-state index contributed by atoms with van der Waals surface area (Å²) >= 11 is 0. The predicted octanol–water partition coefficient (Wildman–Crippen LogP) is 3.73. The average Bonchev–Trinajstić information content (AvgIpc) is 2.41. The van der Waals surface area contributed by atoms with Crippen molar-refractivity contribution in [3.05, 3.63) is 53.6 Å². The Hall–Kier alpha value is -2.16. The first-order valence-electron chi connectivity index (χ1n) is 6.83. The summed E-state index contributed by atoms with van der Waals surface area (Å²) in [6, 6.07) is 13.7. The molecule has 0 saturated carbocycles. The van der Waals surface area contributed by atoms with Crippen LogP contribution >= 0.6 is 0 Å². The lowest BCUT2D eigenvalue weighted by Crippen LogP contribution is -2.05. The molecule has 0 aliphatic rings. The van der Waals surface area contributed by atoms with Crippen LogP contribution in [0.1, 0.15) is 17.5 Å². The zero-order chi connectivity index (χ0) is 14.4. The molecule has 0 aliphatic heterocycles. The van der Waals surface area contributed by atoms with Crippen LogP contribution in [0.3, 0.4) is 0 Å². The number of anilines is 1. The van der Waals surface area contributed by atoms with Crippen LogP contribution in [0.2, 0.25) is 0 Å². The molecule has 2 N–H and O–H groups in total. The molecule has 0 heterocycles. The summed E-state index contributed by atoms with van der Waals surface area (Å²) < 4.78 is 11.4. The number of nitrogens with two attached hydrogens (primary N) is 1. The Kier molecular flexibility index (Phi) is 4.88. The standard InChI is InChI=1S/C17H21NO2/c1-13-7-8-17(14(2)11-13)20-10-4-9-19-16-6-3-5-15(18)12-16/h3,5-8,11-12H,4,9-10,18H2,1-2H3. The van der Waals surface area contributed by atoms with E-state index in [2.05, 4.69) is 26.0 Å². The Labute approximate surface area is 120 Å². The van der Waals surface area contributed by atoms with E-state index < -0.39 is 0 Å². The second kappa shape index (κ2) is 6.85. The Morgan fingerprint density at radius 3 is 2.50 bits per heavy atom. The van der Waals surface area contributed by atoms with Crippen LogP contribution in [0.5, 0.6) is 11.5 Å². The Morgan fingerprint density at radius 1 is 0.950 bits per heavy atom. The third-order valence-electron chi connectivity index (χ3n) is 3.00. The molecule has 0 unspecified atom stereocenters. The molecule has 3 heteroatoms. The van der Waals surface area contributed by atoms with Gasteiger partial charge in [0.2, 0.25) is 0 Å². The van der Waals surface area contributed by atoms with Gasteiger partial charge < -0.3 is 15.2 Å². The fourth-order valence-corrected chi connectivity index (χ4v) is 2.00. The molecule has 0 aliphatic carbocycles. The monoisotopic (exact) mass is 271 g/mol. The Morgan fingerprint density at radius 2 is 1.75 bits per heavy atom. The maximum atomic E-state index is 5.75. The smallest absolute Gasteiger partial charge is 0.122 e. The number of rotatable bonds is 6. The van der Waals surface area contributed by atoms with Gasteiger partial charge in [-0.2, -0.15) is 0 Å². The number of ether oxygens (including phenoxy) is 2. The number of aryl methyl sites for hydroxylation is 2. The van der Waals surface area contributed by atoms with E-state index in [9.17, 15) is 0 Å². The van der Waals surface area contributed by atoms with Gasteiger partial charge in [-0.15, -0.1) is 0 Å². The highest BCUT2D eigenvalue weighted by Crippen LogP contribution is 2.19. The zero-order valence-electron chi connectivity index (χ0n) is 12.1. The maximum Gasteiger partial charge on any atom is 0.122 e. The van der Waals surface area contributed by atoms with Gasteiger partial charge in [-0.1, -0.05) is 23.8 Å². The maximum absolute atomic E-state index is 5.75. The Bertz CT molecular complexity index is 567. The normalized spacial score (nSPS) is 10.3. The largest absolute Gasteiger partial charge is 0.493 e. The third-order valence-corrected chi connectivity index (χ3v) is 3.00. The molecule has 106 valence electrons. The van der Waals surface area contributed by atoms with Gasteiger partial charge in [0.1, 0.15) is 11.5 Å². The summed E-state index contributed by atoms with van der Waals surface area (Å²) in [4.78, 5) is 0. The fourth-order valence-electron chi connectivity index (χ4n) is 2.00. The van der Waals surface area contributed by atoms with Gasteiger partial charge in [0.25, 0.3) is 0 Å². The van der Waals surface area contributed by atoms with Crippen molar-refractivity contribution in [2.24, 2.45) is 0 Å². The second-order valence-corrected chi connectivity index (χ2v) is 4.89. The van der Waals surface area contributed by atoms with E-state index >= 15 is 0 Å². The minimum atomic E-state index is 0.619. The lowest BCUT2D eigenvalue weighted by molar-refractivity contribution is 0.246. The molecule has 20 heavy (non-hydrogen) atoms. The van der Waals surface area contributed by atoms with Gasteiger partial charge in [-0.05, 0) is 37.6 Å². The van der Waals surface area contributed by atoms with Crippen LogP contribution in [0.4, 0.5) is 5.69 Å². The van der Waals surface area contributed by atoms with Gasteiger partial charge >= 0.3 is 0 Å². The molecule has 0 amide bonds. The predicted molar refractivity (Wildman–Crippen MR) is 82.4 cm³/mol. The van der Waals surface area contributed by atoms with E-state index in [1.165, 1.54) is 11.1 Å². The molecule has 0 atom stereocenters. The molecule has 0 aromatic heterocycles. The van der Waals surface area contributed by atoms with E-state index in [-0.39, 0.29) is 0 Å². The first-order chi connectivity index (χ1) is 9.65. The van der Waals surface area contributed by atoms with E-state index in [1.54, 1.807) is 0 Å². The molecule has 2 aromatic rings. The summed E-state index contributed by atoms with van der Waals surface area (Å²) in [6.07, 6.45) is 0.835. The lowest BCUT2D eigenvalue weighted by Gasteiger charge is -2.10. The highest BCUT2D eigenvalue weighted by Gasteiger charge is 2.00. The fraction of sp³-hybridized carbons (Fsp3) is 0.294. The number of nitrogen functional groups attached to an aromatic ring is 1. The lowest BCUT2D eigenvalue weighted by atomic mass is 10.1. The zero-order valence-corrected chi connectivity index (χ0v) is 12.1. The summed E-state index contributed by atoms with van der Waals surface area (Å²) in [5, 5.41) is 0. The first-order valence-corrected chi connectivity index (χ1v) is 6.83. The topological polar surface area (TPSA) is 44.5 Å². The van der Waals surface area contributed by atoms with Crippen molar-refractivity contribution in [3.8, 4) is 11.5 Å².